The van der Waals surface area contributed by atoms with E-state index in [-0.39, 0.29) is 5.02 Å². The Hall–Kier alpha value is -1.31. The quantitative estimate of drug-likeness (QED) is 0.737. The molecule has 0 radical (unpaired) electrons. The molecule has 0 aliphatic rings. The first-order chi connectivity index (χ1) is 7.65. The molecule has 1 heterocycles. The van der Waals surface area contributed by atoms with Crippen LogP contribution in [0.25, 0.3) is 0 Å². The monoisotopic (exact) mass is 239 g/mol. The summed E-state index contributed by atoms with van der Waals surface area (Å²) in [6, 6.07) is 3.55. The van der Waals surface area contributed by atoms with Crippen molar-refractivity contribution in [3.05, 3.63) is 22.8 Å². The maximum absolute atomic E-state index is 8.76. The van der Waals surface area contributed by atoms with E-state index in [2.05, 4.69) is 9.88 Å². The highest BCUT2D eigenvalue weighted by Gasteiger charge is 2.07. The van der Waals surface area contributed by atoms with E-state index in [1.165, 1.54) is 6.20 Å². The number of hydrogen-bond donors (Lipinski definition) is 0. The molecule has 0 atom stereocenters. The Morgan fingerprint density at radius 3 is 2.94 bits per heavy atom. The predicted molar refractivity (Wildman–Crippen MR) is 62.6 cm³/mol. The second-order valence-corrected chi connectivity index (χ2v) is 3.97. The molecule has 16 heavy (non-hydrogen) atoms. The minimum Gasteiger partial charge on any atom is -0.477 e. The lowest BCUT2D eigenvalue weighted by Crippen LogP contribution is -2.15. The molecule has 4 nitrogen and oxygen atoms in total. The van der Waals surface area contributed by atoms with Gasteiger partial charge in [0.05, 0.1) is 12.2 Å². The van der Waals surface area contributed by atoms with Crippen molar-refractivity contribution in [3.63, 3.8) is 0 Å². The predicted octanol–water partition coefficient (Wildman–Crippen LogP) is 1.94. The number of nitriles is 1. The molecule has 0 spiro atoms. The van der Waals surface area contributed by atoms with Crippen LogP contribution in [0.3, 0.4) is 0 Å². The summed E-state index contributed by atoms with van der Waals surface area (Å²) in [5, 5.41) is 9.05. The van der Waals surface area contributed by atoms with Crippen LogP contribution >= 0.6 is 11.6 Å². The smallest absolute Gasteiger partial charge is 0.233 e. The molecule has 0 amide bonds. The van der Waals surface area contributed by atoms with Gasteiger partial charge < -0.3 is 9.64 Å². The molecule has 0 aliphatic heterocycles. The van der Waals surface area contributed by atoms with Gasteiger partial charge >= 0.3 is 0 Å². The number of hydrogen-bond acceptors (Lipinski definition) is 4. The van der Waals surface area contributed by atoms with Gasteiger partial charge in [0.15, 0.2) is 0 Å². The van der Waals surface area contributed by atoms with Gasteiger partial charge in [0, 0.05) is 12.7 Å². The number of aromatic nitrogens is 1. The second-order valence-electron chi connectivity index (χ2n) is 3.59. The summed E-state index contributed by atoms with van der Waals surface area (Å²) in [4.78, 5) is 6.06. The van der Waals surface area contributed by atoms with E-state index in [0.29, 0.717) is 18.1 Å². The third kappa shape index (κ3) is 3.69. The van der Waals surface area contributed by atoms with E-state index in [1.807, 2.05) is 20.2 Å². The van der Waals surface area contributed by atoms with Crippen molar-refractivity contribution in [1.29, 1.82) is 5.26 Å². The molecule has 86 valence electrons. The fourth-order valence-electron chi connectivity index (χ4n) is 1.16. The number of pyridine rings is 1. The topological polar surface area (TPSA) is 49.1 Å². The Bertz CT molecular complexity index is 387. The zero-order chi connectivity index (χ0) is 12.0. The van der Waals surface area contributed by atoms with E-state index in [9.17, 15) is 0 Å². The molecule has 0 fully saturated rings. The van der Waals surface area contributed by atoms with Crippen molar-refractivity contribution in [2.45, 2.75) is 6.42 Å². The molecule has 0 aromatic carbocycles. The summed E-state index contributed by atoms with van der Waals surface area (Å²) < 4.78 is 5.41. The SMILES string of the molecule is CN(C)CCCOc1nccc(C#N)c1Cl. The van der Waals surface area contributed by atoms with Crippen molar-refractivity contribution in [3.8, 4) is 11.9 Å². The zero-order valence-corrected chi connectivity index (χ0v) is 10.2. The molecule has 0 N–H and O–H groups in total. The summed E-state index contributed by atoms with van der Waals surface area (Å²) in [5.41, 5.74) is 0.388. The molecule has 0 bridgehead atoms. The zero-order valence-electron chi connectivity index (χ0n) is 9.40. The number of halogens is 1. The lowest BCUT2D eigenvalue weighted by molar-refractivity contribution is 0.273. The van der Waals surface area contributed by atoms with E-state index >= 15 is 0 Å². The van der Waals surface area contributed by atoms with E-state index < -0.39 is 0 Å². The third-order valence-corrected chi connectivity index (χ3v) is 2.33. The number of ether oxygens (including phenoxy) is 1. The first-order valence-corrected chi connectivity index (χ1v) is 5.35. The van der Waals surface area contributed by atoms with Gasteiger partial charge in [-0.3, -0.25) is 0 Å². The molecule has 0 unspecified atom stereocenters. The summed E-state index contributed by atoms with van der Waals surface area (Å²) in [6.07, 6.45) is 2.41. The molecule has 0 saturated carbocycles. The van der Waals surface area contributed by atoms with Gasteiger partial charge in [-0.15, -0.1) is 0 Å². The molecule has 1 aromatic heterocycles. The Morgan fingerprint density at radius 1 is 1.56 bits per heavy atom. The molecular weight excluding hydrogens is 226 g/mol. The first-order valence-electron chi connectivity index (χ1n) is 4.97. The van der Waals surface area contributed by atoms with Gasteiger partial charge in [-0.25, -0.2) is 4.98 Å². The van der Waals surface area contributed by atoms with Crippen molar-refractivity contribution < 1.29 is 4.74 Å². The Morgan fingerprint density at radius 2 is 2.31 bits per heavy atom. The molecule has 1 rings (SSSR count). The average Bonchev–Trinajstić information content (AvgIpc) is 2.26. The van der Waals surface area contributed by atoms with Gasteiger partial charge in [-0.2, -0.15) is 5.26 Å². The number of nitrogens with zero attached hydrogens (tertiary/aromatic N) is 3. The third-order valence-electron chi connectivity index (χ3n) is 1.97. The average molecular weight is 240 g/mol. The van der Waals surface area contributed by atoms with E-state index in [0.717, 1.165) is 13.0 Å². The van der Waals surface area contributed by atoms with Gasteiger partial charge in [0.2, 0.25) is 5.88 Å². The normalized spacial score (nSPS) is 10.2. The lowest BCUT2D eigenvalue weighted by Gasteiger charge is -2.10. The van der Waals surface area contributed by atoms with Gasteiger partial charge in [0.1, 0.15) is 11.1 Å². The standard InChI is InChI=1S/C11H14ClN3O/c1-15(2)6-3-7-16-11-10(12)9(8-13)4-5-14-11/h4-5H,3,6-7H2,1-2H3. The van der Waals surface area contributed by atoms with Crippen molar-refractivity contribution in [2.24, 2.45) is 0 Å². The van der Waals surface area contributed by atoms with E-state index in [1.54, 1.807) is 6.07 Å². The largest absolute Gasteiger partial charge is 0.477 e. The number of rotatable bonds is 5. The van der Waals surface area contributed by atoms with Gasteiger partial charge in [0.25, 0.3) is 0 Å². The van der Waals surface area contributed by atoms with Crippen LogP contribution in [0.5, 0.6) is 5.88 Å². The highest BCUT2D eigenvalue weighted by Crippen LogP contribution is 2.24. The van der Waals surface area contributed by atoms with Crippen LogP contribution in [0, 0.1) is 11.3 Å². The van der Waals surface area contributed by atoms with E-state index in [4.69, 9.17) is 21.6 Å². The molecule has 0 saturated heterocycles. The van der Waals surface area contributed by atoms with Gasteiger partial charge in [-0.1, -0.05) is 11.6 Å². The van der Waals surface area contributed by atoms with Crippen LogP contribution in [-0.4, -0.2) is 37.1 Å². The van der Waals surface area contributed by atoms with Crippen LogP contribution in [0.15, 0.2) is 12.3 Å². The maximum Gasteiger partial charge on any atom is 0.233 e. The van der Waals surface area contributed by atoms with Crippen LogP contribution < -0.4 is 4.74 Å². The molecule has 1 aromatic rings. The van der Waals surface area contributed by atoms with Crippen LogP contribution in [0.4, 0.5) is 0 Å². The Labute approximate surface area is 100 Å². The van der Waals surface area contributed by atoms with Crippen LogP contribution in [-0.2, 0) is 0 Å². The summed E-state index contributed by atoms with van der Waals surface area (Å²) in [5.74, 6) is 0.333. The fourth-order valence-corrected chi connectivity index (χ4v) is 1.37. The minimum atomic E-state index is 0.287. The molecular formula is C11H14ClN3O. The highest BCUT2D eigenvalue weighted by molar-refractivity contribution is 6.32. The summed E-state index contributed by atoms with van der Waals surface area (Å²) in [6.45, 7) is 1.48. The summed E-state index contributed by atoms with van der Waals surface area (Å²) >= 11 is 5.93. The maximum atomic E-state index is 8.76. The van der Waals surface area contributed by atoms with Crippen molar-refractivity contribution in [2.75, 3.05) is 27.2 Å². The first kappa shape index (κ1) is 12.8. The molecule has 5 heteroatoms. The van der Waals surface area contributed by atoms with Gasteiger partial charge in [-0.05, 0) is 26.6 Å². The fraction of sp³-hybridized carbons (Fsp3) is 0.455. The van der Waals surface area contributed by atoms with Crippen LogP contribution in [0.1, 0.15) is 12.0 Å². The summed E-state index contributed by atoms with van der Waals surface area (Å²) in [7, 11) is 4.00. The Kier molecular flexibility index (Phi) is 5.03. The van der Waals surface area contributed by atoms with Crippen molar-refractivity contribution in [1.82, 2.24) is 9.88 Å². The minimum absolute atomic E-state index is 0.287. The van der Waals surface area contributed by atoms with Crippen LogP contribution in [0.2, 0.25) is 5.02 Å². The lowest BCUT2D eigenvalue weighted by atomic mass is 10.3. The Balaban J connectivity index is 2.52. The second kappa shape index (κ2) is 6.31. The molecule has 0 aliphatic carbocycles. The van der Waals surface area contributed by atoms with Crippen molar-refractivity contribution >= 4 is 11.6 Å². The highest BCUT2D eigenvalue weighted by atomic mass is 35.5.